The highest BCUT2D eigenvalue weighted by atomic mass is 79.9. The Balaban J connectivity index is 1.67. The normalized spacial score (nSPS) is 10.2. The molecular weight excluding hydrogens is 392 g/mol. The average molecular weight is 411 g/mol. The summed E-state index contributed by atoms with van der Waals surface area (Å²) in [5.41, 5.74) is 0. The third kappa shape index (κ3) is 6.15. The maximum atomic E-state index is 11.8. The molecule has 8 heteroatoms. The lowest BCUT2D eigenvalue weighted by Crippen LogP contribution is -2.36. The Hall–Kier alpha value is -2.48. The number of rotatable bonds is 9. The maximum absolute atomic E-state index is 11.8. The van der Waals surface area contributed by atoms with E-state index in [1.807, 2.05) is 13.0 Å². The number of para-hydroxylation sites is 2. The van der Waals surface area contributed by atoms with E-state index in [1.165, 1.54) is 0 Å². The number of furan rings is 1. The Kier molecular flexibility index (Phi) is 7.34. The van der Waals surface area contributed by atoms with Gasteiger partial charge in [0.05, 0.1) is 6.61 Å². The predicted octanol–water partition coefficient (Wildman–Crippen LogP) is 2.37. The number of benzene rings is 1. The summed E-state index contributed by atoms with van der Waals surface area (Å²) in [7, 11) is 0. The summed E-state index contributed by atoms with van der Waals surface area (Å²) in [6.07, 6.45) is 0. The molecule has 0 bridgehead atoms. The molecule has 0 aliphatic carbocycles. The number of halogens is 1. The van der Waals surface area contributed by atoms with Crippen LogP contribution in [0.1, 0.15) is 17.5 Å². The zero-order chi connectivity index (χ0) is 18.1. The topological polar surface area (TPSA) is 89.8 Å². The van der Waals surface area contributed by atoms with Crippen molar-refractivity contribution in [1.29, 1.82) is 0 Å². The van der Waals surface area contributed by atoms with Crippen LogP contribution in [0.5, 0.6) is 11.5 Å². The largest absolute Gasteiger partial charge is 0.490 e. The van der Waals surface area contributed by atoms with Crippen molar-refractivity contribution in [2.24, 2.45) is 0 Å². The lowest BCUT2D eigenvalue weighted by Gasteiger charge is -2.11. The SMILES string of the molecule is CCOc1ccccc1OCC(=O)NCCNC(=O)c1ccc(Br)o1. The van der Waals surface area contributed by atoms with Crippen LogP contribution in [0, 0.1) is 0 Å². The van der Waals surface area contributed by atoms with E-state index in [0.717, 1.165) is 0 Å². The van der Waals surface area contributed by atoms with Crippen molar-refractivity contribution in [2.75, 3.05) is 26.3 Å². The molecule has 2 rings (SSSR count). The summed E-state index contributed by atoms with van der Waals surface area (Å²) in [5, 5.41) is 5.30. The van der Waals surface area contributed by atoms with Crippen molar-refractivity contribution < 1.29 is 23.5 Å². The van der Waals surface area contributed by atoms with Gasteiger partial charge in [-0.3, -0.25) is 9.59 Å². The second-order valence-corrected chi connectivity index (χ2v) is 5.66. The van der Waals surface area contributed by atoms with E-state index in [-0.39, 0.29) is 37.3 Å². The lowest BCUT2D eigenvalue weighted by atomic mass is 10.3. The number of nitrogens with one attached hydrogen (secondary N) is 2. The van der Waals surface area contributed by atoms with Crippen molar-refractivity contribution in [1.82, 2.24) is 10.6 Å². The van der Waals surface area contributed by atoms with Crippen molar-refractivity contribution in [3.8, 4) is 11.5 Å². The zero-order valence-corrected chi connectivity index (χ0v) is 15.3. The Labute approximate surface area is 153 Å². The van der Waals surface area contributed by atoms with Gasteiger partial charge in [0.1, 0.15) is 0 Å². The van der Waals surface area contributed by atoms with Crippen LogP contribution in [-0.2, 0) is 4.79 Å². The van der Waals surface area contributed by atoms with Crippen molar-refractivity contribution in [2.45, 2.75) is 6.92 Å². The van der Waals surface area contributed by atoms with Gasteiger partial charge in [0.2, 0.25) is 0 Å². The van der Waals surface area contributed by atoms with Crippen LogP contribution in [0.3, 0.4) is 0 Å². The number of carbonyl (C=O) groups is 2. The Morgan fingerprint density at radius 1 is 1.04 bits per heavy atom. The van der Waals surface area contributed by atoms with Gasteiger partial charge in [-0.1, -0.05) is 12.1 Å². The molecule has 0 fully saturated rings. The van der Waals surface area contributed by atoms with Gasteiger partial charge in [-0.25, -0.2) is 0 Å². The molecular formula is C17H19BrN2O5. The van der Waals surface area contributed by atoms with Crippen LogP contribution in [0.25, 0.3) is 0 Å². The van der Waals surface area contributed by atoms with Crippen LogP contribution in [0.2, 0.25) is 0 Å². The van der Waals surface area contributed by atoms with Crippen molar-refractivity contribution >= 4 is 27.7 Å². The molecule has 2 N–H and O–H groups in total. The molecule has 0 atom stereocenters. The summed E-state index contributed by atoms with van der Waals surface area (Å²) in [6, 6.07) is 10.3. The molecule has 1 heterocycles. The molecule has 0 unspecified atom stereocenters. The minimum Gasteiger partial charge on any atom is -0.490 e. The number of amides is 2. The number of hydrogen-bond donors (Lipinski definition) is 2. The molecule has 0 spiro atoms. The molecule has 0 radical (unpaired) electrons. The first-order valence-electron chi connectivity index (χ1n) is 7.75. The monoisotopic (exact) mass is 410 g/mol. The highest BCUT2D eigenvalue weighted by molar-refractivity contribution is 9.10. The van der Waals surface area contributed by atoms with E-state index >= 15 is 0 Å². The third-order valence-corrected chi connectivity index (χ3v) is 3.46. The smallest absolute Gasteiger partial charge is 0.287 e. The van der Waals surface area contributed by atoms with Gasteiger partial charge < -0.3 is 24.5 Å². The second-order valence-electron chi connectivity index (χ2n) is 4.88. The van der Waals surface area contributed by atoms with Crippen LogP contribution < -0.4 is 20.1 Å². The summed E-state index contributed by atoms with van der Waals surface area (Å²) < 4.78 is 16.5. The number of ether oxygens (including phenoxy) is 2. The molecule has 7 nitrogen and oxygen atoms in total. The minimum atomic E-state index is -0.346. The average Bonchev–Trinajstić information content (AvgIpc) is 3.04. The van der Waals surface area contributed by atoms with Crippen LogP contribution in [-0.4, -0.2) is 38.1 Å². The highest BCUT2D eigenvalue weighted by Gasteiger charge is 2.10. The van der Waals surface area contributed by atoms with E-state index in [9.17, 15) is 9.59 Å². The predicted molar refractivity (Wildman–Crippen MR) is 94.9 cm³/mol. The molecule has 2 aromatic rings. The summed E-state index contributed by atoms with van der Waals surface area (Å²) in [4.78, 5) is 23.5. The van der Waals surface area contributed by atoms with E-state index in [0.29, 0.717) is 22.8 Å². The fraction of sp³-hybridized carbons (Fsp3) is 0.294. The van der Waals surface area contributed by atoms with Gasteiger partial charge in [-0.15, -0.1) is 0 Å². The first kappa shape index (κ1) is 18.9. The van der Waals surface area contributed by atoms with Crippen molar-refractivity contribution in [3.63, 3.8) is 0 Å². The Morgan fingerprint density at radius 2 is 1.72 bits per heavy atom. The third-order valence-electron chi connectivity index (χ3n) is 3.04. The molecule has 0 aliphatic rings. The van der Waals surface area contributed by atoms with E-state index < -0.39 is 0 Å². The molecule has 1 aromatic heterocycles. The van der Waals surface area contributed by atoms with Gasteiger partial charge in [0.25, 0.3) is 11.8 Å². The fourth-order valence-corrected chi connectivity index (χ4v) is 2.25. The molecule has 0 saturated heterocycles. The fourth-order valence-electron chi connectivity index (χ4n) is 1.94. The first-order chi connectivity index (χ1) is 12.1. The number of hydrogen-bond acceptors (Lipinski definition) is 5. The highest BCUT2D eigenvalue weighted by Crippen LogP contribution is 2.26. The Bertz CT molecular complexity index is 717. The van der Waals surface area contributed by atoms with Gasteiger partial charge in [0, 0.05) is 13.1 Å². The van der Waals surface area contributed by atoms with E-state index in [2.05, 4.69) is 26.6 Å². The van der Waals surface area contributed by atoms with Gasteiger partial charge in [-0.05, 0) is 47.1 Å². The lowest BCUT2D eigenvalue weighted by molar-refractivity contribution is -0.123. The summed E-state index contributed by atoms with van der Waals surface area (Å²) in [6.45, 7) is 2.81. The zero-order valence-electron chi connectivity index (χ0n) is 13.7. The van der Waals surface area contributed by atoms with Gasteiger partial charge in [0.15, 0.2) is 28.5 Å². The quantitative estimate of drug-likeness (QED) is 0.619. The van der Waals surface area contributed by atoms with Gasteiger partial charge in [-0.2, -0.15) is 0 Å². The maximum Gasteiger partial charge on any atom is 0.287 e. The molecule has 1 aromatic carbocycles. The summed E-state index contributed by atoms with van der Waals surface area (Å²) >= 11 is 3.13. The second kappa shape index (κ2) is 9.73. The Morgan fingerprint density at radius 3 is 2.36 bits per heavy atom. The minimum absolute atomic E-state index is 0.136. The standard InChI is InChI=1S/C17H19BrN2O5/c1-2-23-12-5-3-4-6-13(12)24-11-16(21)19-9-10-20-17(22)14-7-8-15(18)25-14/h3-8H,2,9-11H2,1H3,(H,19,21)(H,20,22). The molecule has 0 saturated carbocycles. The van der Waals surface area contributed by atoms with Crippen LogP contribution in [0.15, 0.2) is 45.5 Å². The molecule has 25 heavy (non-hydrogen) atoms. The summed E-state index contributed by atoms with van der Waals surface area (Å²) in [5.74, 6) is 0.670. The molecule has 134 valence electrons. The first-order valence-corrected chi connectivity index (χ1v) is 8.54. The molecule has 2 amide bonds. The van der Waals surface area contributed by atoms with Crippen LogP contribution >= 0.6 is 15.9 Å². The number of carbonyl (C=O) groups excluding carboxylic acids is 2. The van der Waals surface area contributed by atoms with E-state index in [1.54, 1.807) is 30.3 Å². The van der Waals surface area contributed by atoms with E-state index in [4.69, 9.17) is 13.9 Å². The van der Waals surface area contributed by atoms with Crippen LogP contribution in [0.4, 0.5) is 0 Å². The molecule has 0 aliphatic heterocycles. The van der Waals surface area contributed by atoms with Gasteiger partial charge >= 0.3 is 0 Å². The van der Waals surface area contributed by atoms with Crippen molar-refractivity contribution in [3.05, 3.63) is 46.8 Å².